The molecule has 0 aliphatic rings. The lowest BCUT2D eigenvalue weighted by molar-refractivity contribution is 0.350. The fourth-order valence-corrected chi connectivity index (χ4v) is 1.77. The highest BCUT2D eigenvalue weighted by molar-refractivity contribution is 6.30. The Kier molecular flexibility index (Phi) is 4.13. The molecule has 0 spiro atoms. The van der Waals surface area contributed by atoms with Gasteiger partial charge in [-0.05, 0) is 47.0 Å². The average molecular weight is 263 g/mol. The van der Waals surface area contributed by atoms with Crippen molar-refractivity contribution in [1.82, 2.24) is 0 Å². The molecule has 1 N–H and O–H groups in total. The standard InChI is InChI=1S/C15H12ClFO/c16-14-5-1-11(2-6-14)9-13(10-18)12-3-7-15(17)8-4-12/h1-9,18H,10H2/b13-9+. The van der Waals surface area contributed by atoms with Gasteiger partial charge in [-0.3, -0.25) is 0 Å². The van der Waals surface area contributed by atoms with Crippen LogP contribution in [0.5, 0.6) is 0 Å². The van der Waals surface area contributed by atoms with Crippen LogP contribution in [-0.2, 0) is 0 Å². The molecule has 0 fully saturated rings. The second kappa shape index (κ2) is 5.80. The number of aliphatic hydroxyl groups is 1. The SMILES string of the molecule is OC/C(=C\c1ccc(Cl)cc1)c1ccc(F)cc1. The summed E-state index contributed by atoms with van der Waals surface area (Å²) in [6, 6.07) is 13.3. The van der Waals surface area contributed by atoms with E-state index >= 15 is 0 Å². The van der Waals surface area contributed by atoms with Gasteiger partial charge in [0.25, 0.3) is 0 Å². The summed E-state index contributed by atoms with van der Waals surface area (Å²) in [5.41, 5.74) is 2.47. The molecule has 0 heterocycles. The van der Waals surface area contributed by atoms with Crippen LogP contribution in [-0.4, -0.2) is 11.7 Å². The first-order valence-corrected chi connectivity index (χ1v) is 5.90. The molecule has 2 aromatic carbocycles. The second-order valence-electron chi connectivity index (χ2n) is 3.89. The van der Waals surface area contributed by atoms with E-state index < -0.39 is 0 Å². The van der Waals surface area contributed by atoms with Crippen molar-refractivity contribution < 1.29 is 9.50 Å². The molecular weight excluding hydrogens is 251 g/mol. The molecule has 0 unspecified atom stereocenters. The summed E-state index contributed by atoms with van der Waals surface area (Å²) in [6.45, 7) is -0.103. The first-order valence-electron chi connectivity index (χ1n) is 5.52. The summed E-state index contributed by atoms with van der Waals surface area (Å²) in [5, 5.41) is 10.0. The average Bonchev–Trinajstić information content (AvgIpc) is 2.39. The van der Waals surface area contributed by atoms with Gasteiger partial charge in [-0.1, -0.05) is 35.9 Å². The largest absolute Gasteiger partial charge is 0.392 e. The van der Waals surface area contributed by atoms with Crippen molar-refractivity contribution in [2.75, 3.05) is 6.61 Å². The lowest BCUT2D eigenvalue weighted by atomic mass is 10.0. The van der Waals surface area contributed by atoms with Crippen LogP contribution in [0.4, 0.5) is 4.39 Å². The summed E-state index contributed by atoms with van der Waals surface area (Å²) >= 11 is 5.80. The predicted molar refractivity (Wildman–Crippen MR) is 72.8 cm³/mol. The van der Waals surface area contributed by atoms with Crippen LogP contribution in [0.15, 0.2) is 48.5 Å². The fraction of sp³-hybridized carbons (Fsp3) is 0.0667. The summed E-state index contributed by atoms with van der Waals surface area (Å²) in [5.74, 6) is -0.289. The molecule has 0 atom stereocenters. The highest BCUT2D eigenvalue weighted by Crippen LogP contribution is 2.19. The molecule has 0 bridgehead atoms. The zero-order chi connectivity index (χ0) is 13.0. The summed E-state index contributed by atoms with van der Waals surface area (Å²) < 4.78 is 12.8. The zero-order valence-electron chi connectivity index (χ0n) is 9.61. The molecule has 2 rings (SSSR count). The normalized spacial score (nSPS) is 11.6. The third kappa shape index (κ3) is 3.19. The van der Waals surface area contributed by atoms with Gasteiger partial charge in [-0.25, -0.2) is 4.39 Å². The first-order chi connectivity index (χ1) is 8.69. The van der Waals surface area contributed by atoms with Crippen LogP contribution >= 0.6 is 11.6 Å². The van der Waals surface area contributed by atoms with E-state index in [1.165, 1.54) is 12.1 Å². The highest BCUT2D eigenvalue weighted by atomic mass is 35.5. The highest BCUT2D eigenvalue weighted by Gasteiger charge is 2.01. The Bertz CT molecular complexity index is 544. The molecule has 18 heavy (non-hydrogen) atoms. The molecule has 0 radical (unpaired) electrons. The Balaban J connectivity index is 2.33. The smallest absolute Gasteiger partial charge is 0.123 e. The molecular formula is C15H12ClFO. The minimum absolute atomic E-state index is 0.103. The van der Waals surface area contributed by atoms with E-state index in [9.17, 15) is 9.50 Å². The van der Waals surface area contributed by atoms with Crippen molar-refractivity contribution in [2.24, 2.45) is 0 Å². The number of rotatable bonds is 3. The van der Waals surface area contributed by atoms with Gasteiger partial charge in [0.05, 0.1) is 6.61 Å². The lowest BCUT2D eigenvalue weighted by Gasteiger charge is -2.05. The summed E-state index contributed by atoms with van der Waals surface area (Å²) in [4.78, 5) is 0. The van der Waals surface area contributed by atoms with Crippen LogP contribution in [0.2, 0.25) is 5.02 Å². The van der Waals surface area contributed by atoms with Gasteiger partial charge in [0.2, 0.25) is 0 Å². The van der Waals surface area contributed by atoms with Crippen molar-refractivity contribution in [2.45, 2.75) is 0 Å². The number of halogens is 2. The topological polar surface area (TPSA) is 20.2 Å². The van der Waals surface area contributed by atoms with Gasteiger partial charge in [0.15, 0.2) is 0 Å². The van der Waals surface area contributed by atoms with Gasteiger partial charge < -0.3 is 5.11 Å². The van der Waals surface area contributed by atoms with Gasteiger partial charge in [-0.15, -0.1) is 0 Å². The van der Waals surface area contributed by atoms with E-state index in [0.29, 0.717) is 5.02 Å². The molecule has 0 saturated heterocycles. The molecule has 1 nitrogen and oxygen atoms in total. The fourth-order valence-electron chi connectivity index (χ4n) is 1.64. The van der Waals surface area contributed by atoms with E-state index in [0.717, 1.165) is 16.7 Å². The molecule has 2 aromatic rings. The zero-order valence-corrected chi connectivity index (χ0v) is 10.4. The Morgan fingerprint density at radius 2 is 1.67 bits per heavy atom. The van der Waals surface area contributed by atoms with E-state index in [-0.39, 0.29) is 12.4 Å². The number of hydrogen-bond donors (Lipinski definition) is 1. The van der Waals surface area contributed by atoms with Crippen LogP contribution in [0, 0.1) is 5.82 Å². The molecule has 0 aliphatic heterocycles. The van der Waals surface area contributed by atoms with E-state index in [1.807, 2.05) is 18.2 Å². The third-order valence-corrected chi connectivity index (χ3v) is 2.85. The Hall–Kier alpha value is -1.64. The number of benzene rings is 2. The summed E-state index contributed by atoms with van der Waals surface area (Å²) in [6.07, 6.45) is 1.85. The molecule has 0 aliphatic carbocycles. The minimum atomic E-state index is -0.289. The van der Waals surface area contributed by atoms with Crippen LogP contribution < -0.4 is 0 Å². The lowest BCUT2D eigenvalue weighted by Crippen LogP contribution is -1.91. The molecule has 3 heteroatoms. The summed E-state index contributed by atoms with van der Waals surface area (Å²) in [7, 11) is 0. The maximum Gasteiger partial charge on any atom is 0.123 e. The van der Waals surface area contributed by atoms with Gasteiger partial charge in [0, 0.05) is 5.02 Å². The van der Waals surface area contributed by atoms with E-state index in [4.69, 9.17) is 11.6 Å². The Morgan fingerprint density at radius 1 is 1.06 bits per heavy atom. The Labute approximate surface area is 110 Å². The van der Waals surface area contributed by atoms with Gasteiger partial charge >= 0.3 is 0 Å². The van der Waals surface area contributed by atoms with Crippen LogP contribution in [0.3, 0.4) is 0 Å². The van der Waals surface area contributed by atoms with Crippen molar-refractivity contribution in [1.29, 1.82) is 0 Å². The van der Waals surface area contributed by atoms with Crippen LogP contribution in [0.1, 0.15) is 11.1 Å². The van der Waals surface area contributed by atoms with E-state index in [2.05, 4.69) is 0 Å². The molecule has 92 valence electrons. The van der Waals surface area contributed by atoms with Gasteiger partial charge in [0.1, 0.15) is 5.82 Å². The van der Waals surface area contributed by atoms with Crippen molar-refractivity contribution >= 4 is 23.3 Å². The Morgan fingerprint density at radius 3 is 2.22 bits per heavy atom. The second-order valence-corrected chi connectivity index (χ2v) is 4.32. The molecule has 0 aromatic heterocycles. The molecule has 0 saturated carbocycles. The van der Waals surface area contributed by atoms with E-state index in [1.54, 1.807) is 24.3 Å². The van der Waals surface area contributed by atoms with Crippen molar-refractivity contribution in [3.8, 4) is 0 Å². The van der Waals surface area contributed by atoms with Crippen molar-refractivity contribution in [3.63, 3.8) is 0 Å². The minimum Gasteiger partial charge on any atom is -0.392 e. The number of hydrogen-bond acceptors (Lipinski definition) is 1. The monoisotopic (exact) mass is 262 g/mol. The predicted octanol–water partition coefficient (Wildman–Crippen LogP) is 4.01. The first kappa shape index (κ1) is 12.8. The number of aliphatic hydroxyl groups excluding tert-OH is 1. The maximum atomic E-state index is 12.8. The van der Waals surface area contributed by atoms with Crippen molar-refractivity contribution in [3.05, 3.63) is 70.5 Å². The maximum absolute atomic E-state index is 12.8. The molecule has 0 amide bonds. The van der Waals surface area contributed by atoms with Gasteiger partial charge in [-0.2, -0.15) is 0 Å². The third-order valence-electron chi connectivity index (χ3n) is 2.60. The van der Waals surface area contributed by atoms with Crippen LogP contribution in [0.25, 0.3) is 11.6 Å². The quantitative estimate of drug-likeness (QED) is 0.829.